The van der Waals surface area contributed by atoms with Gasteiger partial charge in [-0.2, -0.15) is 5.10 Å². The Morgan fingerprint density at radius 2 is 2.35 bits per heavy atom. The molecule has 1 aliphatic rings. The van der Waals surface area contributed by atoms with Crippen LogP contribution in [-0.2, 0) is 16.1 Å². The summed E-state index contributed by atoms with van der Waals surface area (Å²) in [6.07, 6.45) is 3.80. The molecule has 1 fully saturated rings. The summed E-state index contributed by atoms with van der Waals surface area (Å²) >= 11 is 0. The summed E-state index contributed by atoms with van der Waals surface area (Å²) in [5.41, 5.74) is 0. The van der Waals surface area contributed by atoms with Gasteiger partial charge in [0.15, 0.2) is 0 Å². The summed E-state index contributed by atoms with van der Waals surface area (Å²) in [7, 11) is 0. The third kappa shape index (κ3) is 3.27. The topological polar surface area (TPSA) is 80.1 Å². The van der Waals surface area contributed by atoms with Crippen molar-refractivity contribution in [1.82, 2.24) is 25.0 Å². The zero-order chi connectivity index (χ0) is 12.1. The minimum absolute atomic E-state index is 0.0107. The number of carbonyl (C=O) groups excluding carboxylic acids is 2. The summed E-state index contributed by atoms with van der Waals surface area (Å²) in [6.45, 7) is 2.15. The van der Waals surface area contributed by atoms with Crippen LogP contribution in [0.5, 0.6) is 0 Å². The normalized spacial score (nSPS) is 16.5. The molecule has 0 saturated carbocycles. The van der Waals surface area contributed by atoms with E-state index in [0.29, 0.717) is 39.0 Å². The highest BCUT2D eigenvalue weighted by Gasteiger charge is 2.17. The van der Waals surface area contributed by atoms with Crippen LogP contribution in [0, 0.1) is 0 Å². The monoisotopic (exact) mass is 237 g/mol. The van der Waals surface area contributed by atoms with Crippen LogP contribution in [-0.4, -0.2) is 51.1 Å². The van der Waals surface area contributed by atoms with Crippen molar-refractivity contribution >= 4 is 11.8 Å². The lowest BCUT2D eigenvalue weighted by molar-refractivity contribution is -0.131. The second-order valence-corrected chi connectivity index (χ2v) is 3.89. The first-order chi connectivity index (χ1) is 8.25. The summed E-state index contributed by atoms with van der Waals surface area (Å²) in [5.74, 6) is 0.0635. The molecule has 7 heteroatoms. The maximum Gasteiger partial charge on any atom is 0.224 e. The Kier molecular flexibility index (Phi) is 3.69. The highest BCUT2D eigenvalue weighted by Crippen LogP contribution is 2.01. The van der Waals surface area contributed by atoms with E-state index < -0.39 is 0 Å². The minimum atomic E-state index is 0.0107. The number of aryl methyl sites for hydroxylation is 1. The van der Waals surface area contributed by atoms with Crippen molar-refractivity contribution in [2.75, 3.05) is 19.6 Å². The van der Waals surface area contributed by atoms with Gasteiger partial charge >= 0.3 is 0 Å². The van der Waals surface area contributed by atoms with Crippen molar-refractivity contribution in [3.05, 3.63) is 12.7 Å². The van der Waals surface area contributed by atoms with Gasteiger partial charge in [-0.25, -0.2) is 4.98 Å². The second kappa shape index (κ2) is 5.42. The number of nitrogens with one attached hydrogen (secondary N) is 1. The van der Waals surface area contributed by atoms with Crippen LogP contribution < -0.4 is 5.32 Å². The first kappa shape index (κ1) is 11.6. The molecule has 1 aromatic rings. The van der Waals surface area contributed by atoms with Crippen molar-refractivity contribution < 1.29 is 9.59 Å². The molecule has 0 spiro atoms. The predicted octanol–water partition coefficient (Wildman–Crippen LogP) is -0.983. The van der Waals surface area contributed by atoms with E-state index in [1.165, 1.54) is 6.33 Å². The SMILES string of the molecule is O=C1CCN(C(=O)CCn2cncn2)CCN1. The number of amides is 2. The summed E-state index contributed by atoms with van der Waals surface area (Å²) in [4.78, 5) is 28.5. The van der Waals surface area contributed by atoms with E-state index in [0.717, 1.165) is 0 Å². The molecule has 0 bridgehead atoms. The Morgan fingerprint density at radius 1 is 1.47 bits per heavy atom. The second-order valence-electron chi connectivity index (χ2n) is 3.89. The molecule has 1 aliphatic heterocycles. The molecule has 2 rings (SSSR count). The van der Waals surface area contributed by atoms with Gasteiger partial charge in [-0.3, -0.25) is 14.3 Å². The van der Waals surface area contributed by atoms with Gasteiger partial charge in [0.1, 0.15) is 12.7 Å². The van der Waals surface area contributed by atoms with E-state index in [2.05, 4.69) is 15.4 Å². The molecule has 1 N–H and O–H groups in total. The Bertz CT molecular complexity index is 389. The Balaban J connectivity index is 1.80. The zero-order valence-corrected chi connectivity index (χ0v) is 9.50. The van der Waals surface area contributed by atoms with E-state index >= 15 is 0 Å². The first-order valence-electron chi connectivity index (χ1n) is 5.62. The van der Waals surface area contributed by atoms with Crippen molar-refractivity contribution in [2.24, 2.45) is 0 Å². The van der Waals surface area contributed by atoms with E-state index in [1.54, 1.807) is 15.9 Å². The lowest BCUT2D eigenvalue weighted by atomic mass is 10.3. The van der Waals surface area contributed by atoms with Gasteiger partial charge in [0.25, 0.3) is 0 Å². The van der Waals surface area contributed by atoms with Crippen LogP contribution in [0.4, 0.5) is 0 Å². The van der Waals surface area contributed by atoms with Crippen molar-refractivity contribution in [3.63, 3.8) is 0 Å². The Morgan fingerprint density at radius 3 is 3.12 bits per heavy atom. The molecule has 2 amide bonds. The van der Waals surface area contributed by atoms with Crippen molar-refractivity contribution in [1.29, 1.82) is 0 Å². The van der Waals surface area contributed by atoms with Gasteiger partial charge in [0, 0.05) is 32.5 Å². The molecule has 1 saturated heterocycles. The largest absolute Gasteiger partial charge is 0.354 e. The molecular weight excluding hydrogens is 222 g/mol. The average Bonchev–Trinajstić information content (AvgIpc) is 2.74. The molecule has 17 heavy (non-hydrogen) atoms. The van der Waals surface area contributed by atoms with E-state index in [9.17, 15) is 9.59 Å². The summed E-state index contributed by atoms with van der Waals surface area (Å²) in [5, 5.41) is 6.67. The molecule has 0 radical (unpaired) electrons. The lowest BCUT2D eigenvalue weighted by Gasteiger charge is -2.19. The molecule has 0 unspecified atom stereocenters. The quantitative estimate of drug-likeness (QED) is 0.732. The highest BCUT2D eigenvalue weighted by molar-refractivity contribution is 5.80. The van der Waals surface area contributed by atoms with Crippen LogP contribution in [0.3, 0.4) is 0 Å². The lowest BCUT2D eigenvalue weighted by Crippen LogP contribution is -2.34. The smallest absolute Gasteiger partial charge is 0.224 e. The van der Waals surface area contributed by atoms with Gasteiger partial charge in [0.2, 0.25) is 11.8 Å². The molecule has 0 aromatic carbocycles. The third-order valence-corrected chi connectivity index (χ3v) is 2.69. The van der Waals surface area contributed by atoms with Gasteiger partial charge in [-0.15, -0.1) is 0 Å². The standard InChI is InChI=1S/C10H15N5O2/c16-9-1-4-14(6-3-12-9)10(17)2-5-15-8-11-7-13-15/h7-8H,1-6H2,(H,12,16). The first-order valence-corrected chi connectivity index (χ1v) is 5.62. The van der Waals surface area contributed by atoms with Crippen LogP contribution in [0.2, 0.25) is 0 Å². The molecule has 7 nitrogen and oxygen atoms in total. The number of rotatable bonds is 3. The minimum Gasteiger partial charge on any atom is -0.354 e. The Hall–Kier alpha value is -1.92. The van der Waals surface area contributed by atoms with Crippen LogP contribution in [0.25, 0.3) is 0 Å². The van der Waals surface area contributed by atoms with Crippen molar-refractivity contribution in [3.8, 4) is 0 Å². The van der Waals surface area contributed by atoms with Gasteiger partial charge < -0.3 is 10.2 Å². The summed E-state index contributed by atoms with van der Waals surface area (Å²) < 4.78 is 1.62. The predicted molar refractivity (Wildman–Crippen MR) is 58.8 cm³/mol. The van der Waals surface area contributed by atoms with Crippen LogP contribution >= 0.6 is 0 Å². The molecule has 2 heterocycles. The number of hydrogen-bond donors (Lipinski definition) is 1. The van der Waals surface area contributed by atoms with E-state index in [1.807, 2.05) is 0 Å². The zero-order valence-electron chi connectivity index (χ0n) is 9.50. The van der Waals surface area contributed by atoms with Crippen molar-refractivity contribution in [2.45, 2.75) is 19.4 Å². The fourth-order valence-corrected chi connectivity index (χ4v) is 1.73. The van der Waals surface area contributed by atoms with Gasteiger partial charge in [0.05, 0.1) is 6.54 Å². The molecule has 1 aromatic heterocycles. The number of nitrogens with zero attached hydrogens (tertiary/aromatic N) is 4. The maximum atomic E-state index is 11.9. The number of aromatic nitrogens is 3. The molecule has 0 atom stereocenters. The number of carbonyl (C=O) groups is 2. The highest BCUT2D eigenvalue weighted by atomic mass is 16.2. The molecule has 0 aliphatic carbocycles. The molecular formula is C10H15N5O2. The average molecular weight is 237 g/mol. The molecule has 92 valence electrons. The van der Waals surface area contributed by atoms with Crippen LogP contribution in [0.1, 0.15) is 12.8 Å². The third-order valence-electron chi connectivity index (χ3n) is 2.69. The van der Waals surface area contributed by atoms with Gasteiger partial charge in [-0.05, 0) is 0 Å². The maximum absolute atomic E-state index is 11.9. The van der Waals surface area contributed by atoms with Crippen LogP contribution in [0.15, 0.2) is 12.7 Å². The fourth-order valence-electron chi connectivity index (χ4n) is 1.73. The van der Waals surface area contributed by atoms with E-state index in [4.69, 9.17) is 0 Å². The van der Waals surface area contributed by atoms with E-state index in [-0.39, 0.29) is 11.8 Å². The van der Waals surface area contributed by atoms with Gasteiger partial charge in [-0.1, -0.05) is 0 Å². The fraction of sp³-hybridized carbons (Fsp3) is 0.600. The summed E-state index contributed by atoms with van der Waals surface area (Å²) in [6, 6.07) is 0. The Labute approximate surface area is 98.8 Å². The number of hydrogen-bond acceptors (Lipinski definition) is 4.